The van der Waals surface area contributed by atoms with Crippen molar-refractivity contribution in [2.24, 2.45) is 0 Å². The van der Waals surface area contributed by atoms with E-state index in [9.17, 15) is 5.26 Å². The predicted molar refractivity (Wildman–Crippen MR) is 212 cm³/mol. The molecule has 0 N–H and O–H groups in total. The Morgan fingerprint density at radius 3 is 1.33 bits per heavy atom. The number of aromatic nitrogens is 3. The molecule has 0 spiro atoms. The lowest BCUT2D eigenvalue weighted by atomic mass is 9.90. The fourth-order valence-electron chi connectivity index (χ4n) is 6.97. The molecular weight excluding hydrogens is 633 g/mol. The highest BCUT2D eigenvalue weighted by Crippen LogP contribution is 2.38. The van der Waals surface area contributed by atoms with Gasteiger partial charge >= 0.3 is 0 Å². The van der Waals surface area contributed by atoms with E-state index in [-0.39, 0.29) is 0 Å². The van der Waals surface area contributed by atoms with Gasteiger partial charge in [0, 0.05) is 16.7 Å². The Morgan fingerprint density at radius 1 is 0.327 bits per heavy atom. The van der Waals surface area contributed by atoms with Crippen LogP contribution in [-0.2, 0) is 0 Å². The van der Waals surface area contributed by atoms with Crippen molar-refractivity contribution in [3.05, 3.63) is 188 Å². The van der Waals surface area contributed by atoms with Crippen molar-refractivity contribution in [1.29, 1.82) is 5.26 Å². The van der Waals surface area contributed by atoms with Crippen LogP contribution in [0.5, 0.6) is 0 Å². The van der Waals surface area contributed by atoms with Crippen molar-refractivity contribution in [2.75, 3.05) is 0 Å². The molecule has 4 heteroatoms. The van der Waals surface area contributed by atoms with Crippen LogP contribution in [0.25, 0.3) is 89.1 Å². The number of nitrogens with zero attached hydrogens (tertiary/aromatic N) is 4. The molecule has 8 aromatic carbocycles. The van der Waals surface area contributed by atoms with Crippen LogP contribution in [0.4, 0.5) is 0 Å². The molecule has 4 nitrogen and oxygen atoms in total. The van der Waals surface area contributed by atoms with Gasteiger partial charge in [0.1, 0.15) is 0 Å². The molecule has 0 bridgehead atoms. The molecule has 0 unspecified atom stereocenters. The standard InChI is InChI=1S/C48H30N4/c49-31-32-18-20-33(21-19-32)41-28-29-43(45-16-8-7-15-44(41)45)39-26-27-42-38(30-39)14-9-17-40(42)34-22-24-37(25-23-34)48-51-46(35-10-3-1-4-11-35)50-47(52-48)36-12-5-2-6-13-36/h1-30H. The fraction of sp³-hybridized carbons (Fsp3) is 0. The normalized spacial score (nSPS) is 11.1. The summed E-state index contributed by atoms with van der Waals surface area (Å²) in [4.78, 5) is 14.7. The van der Waals surface area contributed by atoms with Gasteiger partial charge in [0.2, 0.25) is 0 Å². The molecule has 0 amide bonds. The Hall–Kier alpha value is -7.22. The van der Waals surface area contributed by atoms with Gasteiger partial charge in [0.15, 0.2) is 17.5 Å². The van der Waals surface area contributed by atoms with Gasteiger partial charge in [0.25, 0.3) is 0 Å². The van der Waals surface area contributed by atoms with Crippen LogP contribution in [-0.4, -0.2) is 15.0 Å². The quantitative estimate of drug-likeness (QED) is 0.178. The van der Waals surface area contributed by atoms with Crippen LogP contribution in [0.1, 0.15) is 5.56 Å². The van der Waals surface area contributed by atoms with E-state index >= 15 is 0 Å². The summed E-state index contributed by atoms with van der Waals surface area (Å²) in [6, 6.07) is 64.8. The highest BCUT2D eigenvalue weighted by atomic mass is 15.0. The van der Waals surface area contributed by atoms with Crippen LogP contribution in [0.2, 0.25) is 0 Å². The minimum absolute atomic E-state index is 0.638. The van der Waals surface area contributed by atoms with Gasteiger partial charge in [0.05, 0.1) is 11.6 Å². The van der Waals surface area contributed by atoms with Gasteiger partial charge < -0.3 is 0 Å². The van der Waals surface area contributed by atoms with E-state index in [0.717, 1.165) is 33.4 Å². The minimum Gasteiger partial charge on any atom is -0.208 e. The van der Waals surface area contributed by atoms with Crippen molar-refractivity contribution >= 4 is 21.5 Å². The molecule has 0 aliphatic carbocycles. The summed E-state index contributed by atoms with van der Waals surface area (Å²) in [5, 5.41) is 14.0. The molecule has 0 aliphatic rings. The average Bonchev–Trinajstić information content (AvgIpc) is 3.23. The third-order valence-corrected chi connectivity index (χ3v) is 9.59. The number of hydrogen-bond donors (Lipinski definition) is 0. The maximum Gasteiger partial charge on any atom is 0.164 e. The lowest BCUT2D eigenvalue weighted by Crippen LogP contribution is -2.00. The topological polar surface area (TPSA) is 62.5 Å². The molecule has 0 saturated heterocycles. The van der Waals surface area contributed by atoms with Gasteiger partial charge in [-0.1, -0.05) is 164 Å². The van der Waals surface area contributed by atoms with Crippen LogP contribution in [0, 0.1) is 11.3 Å². The Kier molecular flexibility index (Phi) is 7.85. The molecule has 0 atom stereocenters. The van der Waals surface area contributed by atoms with E-state index in [1.165, 1.54) is 38.2 Å². The van der Waals surface area contributed by atoms with E-state index in [2.05, 4.69) is 103 Å². The van der Waals surface area contributed by atoms with E-state index < -0.39 is 0 Å². The third-order valence-electron chi connectivity index (χ3n) is 9.59. The number of hydrogen-bond acceptors (Lipinski definition) is 4. The first-order chi connectivity index (χ1) is 25.7. The van der Waals surface area contributed by atoms with Gasteiger partial charge in [-0.05, 0) is 73.1 Å². The molecule has 52 heavy (non-hydrogen) atoms. The first kappa shape index (κ1) is 30.8. The molecule has 9 rings (SSSR count). The number of nitriles is 1. The van der Waals surface area contributed by atoms with Crippen molar-refractivity contribution in [3.63, 3.8) is 0 Å². The van der Waals surface area contributed by atoms with E-state index in [4.69, 9.17) is 15.0 Å². The molecule has 9 aromatic rings. The van der Waals surface area contributed by atoms with Crippen molar-refractivity contribution in [3.8, 4) is 73.6 Å². The maximum atomic E-state index is 9.27. The molecule has 0 fully saturated rings. The Morgan fingerprint density at radius 2 is 0.769 bits per heavy atom. The predicted octanol–water partition coefficient (Wildman–Crippen LogP) is 12.1. The van der Waals surface area contributed by atoms with Crippen molar-refractivity contribution < 1.29 is 0 Å². The largest absolute Gasteiger partial charge is 0.208 e. The average molecular weight is 663 g/mol. The van der Waals surface area contributed by atoms with Crippen LogP contribution >= 0.6 is 0 Å². The zero-order chi connectivity index (χ0) is 34.9. The Balaban J connectivity index is 1.07. The minimum atomic E-state index is 0.638. The van der Waals surface area contributed by atoms with Crippen LogP contribution in [0.15, 0.2) is 182 Å². The first-order valence-electron chi connectivity index (χ1n) is 17.2. The SMILES string of the molecule is N#Cc1ccc(-c2ccc(-c3ccc4c(-c5ccc(-c6nc(-c7ccccc7)nc(-c7ccccc7)n6)cc5)cccc4c3)c3ccccc23)cc1. The highest BCUT2D eigenvalue weighted by Gasteiger charge is 2.14. The Labute approximate surface area is 302 Å². The van der Waals surface area contributed by atoms with Crippen LogP contribution < -0.4 is 0 Å². The molecule has 0 aliphatic heterocycles. The Bertz CT molecular complexity index is 2710. The summed E-state index contributed by atoms with van der Waals surface area (Å²) < 4.78 is 0. The molecular formula is C48H30N4. The maximum absolute atomic E-state index is 9.27. The summed E-state index contributed by atoms with van der Waals surface area (Å²) in [6.07, 6.45) is 0. The summed E-state index contributed by atoms with van der Waals surface area (Å²) in [6.45, 7) is 0. The van der Waals surface area contributed by atoms with Crippen molar-refractivity contribution in [2.45, 2.75) is 0 Å². The van der Waals surface area contributed by atoms with Gasteiger partial charge in [-0.3, -0.25) is 0 Å². The molecule has 0 radical (unpaired) electrons. The second-order valence-electron chi connectivity index (χ2n) is 12.8. The van der Waals surface area contributed by atoms with Gasteiger partial charge in [-0.15, -0.1) is 0 Å². The molecule has 1 aromatic heterocycles. The van der Waals surface area contributed by atoms with Crippen LogP contribution in [0.3, 0.4) is 0 Å². The molecule has 242 valence electrons. The smallest absolute Gasteiger partial charge is 0.164 e. The van der Waals surface area contributed by atoms with E-state index in [1.807, 2.05) is 84.9 Å². The number of fused-ring (bicyclic) bond motifs is 2. The lowest BCUT2D eigenvalue weighted by molar-refractivity contribution is 1.07. The number of rotatable bonds is 6. The van der Waals surface area contributed by atoms with E-state index in [0.29, 0.717) is 23.0 Å². The van der Waals surface area contributed by atoms with E-state index in [1.54, 1.807) is 0 Å². The van der Waals surface area contributed by atoms with Crippen molar-refractivity contribution in [1.82, 2.24) is 15.0 Å². The monoisotopic (exact) mass is 662 g/mol. The number of benzene rings is 8. The third kappa shape index (κ3) is 5.77. The highest BCUT2D eigenvalue weighted by molar-refractivity contribution is 6.07. The summed E-state index contributed by atoms with van der Waals surface area (Å²) in [7, 11) is 0. The zero-order valence-electron chi connectivity index (χ0n) is 28.1. The summed E-state index contributed by atoms with van der Waals surface area (Å²) in [5.74, 6) is 1.93. The summed E-state index contributed by atoms with van der Waals surface area (Å²) in [5.41, 5.74) is 10.4. The second-order valence-corrected chi connectivity index (χ2v) is 12.8. The molecule has 0 saturated carbocycles. The van der Waals surface area contributed by atoms with Gasteiger partial charge in [-0.2, -0.15) is 5.26 Å². The fourth-order valence-corrected chi connectivity index (χ4v) is 6.97. The first-order valence-corrected chi connectivity index (χ1v) is 17.2. The second kappa shape index (κ2) is 13.2. The summed E-state index contributed by atoms with van der Waals surface area (Å²) >= 11 is 0. The van der Waals surface area contributed by atoms with Gasteiger partial charge in [-0.25, -0.2) is 15.0 Å². The molecule has 1 heterocycles. The lowest BCUT2D eigenvalue weighted by Gasteiger charge is -2.14. The zero-order valence-corrected chi connectivity index (χ0v) is 28.1.